The van der Waals surface area contributed by atoms with E-state index < -0.39 is 43.8 Å². The monoisotopic (exact) mass is 1200 g/mol. The number of carbonyl (C=O) groups excluding carboxylic acids is 6. The molecule has 446 valence electrons. The molecule has 1 unspecified atom stereocenters. The second kappa shape index (κ2) is 25.6. The second-order valence-electron chi connectivity index (χ2n) is 23.0. The Labute approximate surface area is 499 Å². The van der Waals surface area contributed by atoms with Crippen LogP contribution in [0.15, 0.2) is 91.0 Å². The molecular weight excluding hydrogens is 1130 g/mol. The number of ketones is 2. The smallest absolute Gasteiger partial charge is 0.275 e. The number of fused-ring (bicyclic) bond motifs is 8. The van der Waals surface area contributed by atoms with E-state index in [4.69, 9.17) is 14.2 Å². The first kappa shape index (κ1) is 61.5. The molecule has 18 nitrogen and oxygen atoms in total. The van der Waals surface area contributed by atoms with Crippen LogP contribution in [0, 0.1) is 12.8 Å². The number of hydrogen-bond donors (Lipinski definition) is 3. The fourth-order valence-corrected chi connectivity index (χ4v) is 15.3. The average molecular weight is 1200 g/mol. The lowest BCUT2D eigenvalue weighted by Gasteiger charge is -2.25. The number of benzene rings is 5. The molecule has 21 heteroatoms. The molecule has 4 heterocycles. The number of ether oxygens (including phenoxy) is 3. The summed E-state index contributed by atoms with van der Waals surface area (Å²) in [6.45, 7) is 11.9. The number of anilines is 5. The van der Waals surface area contributed by atoms with Crippen LogP contribution in [0.5, 0.6) is 17.2 Å². The van der Waals surface area contributed by atoms with Gasteiger partial charge in [0.25, 0.3) is 21.9 Å². The van der Waals surface area contributed by atoms with E-state index in [2.05, 4.69) is 32.6 Å². The van der Waals surface area contributed by atoms with Gasteiger partial charge in [0.05, 0.1) is 47.7 Å². The SMILES string of the molecule is CCC(=O)C(CCSSC(C)(C)CCC(=O)N[C@@H](C)C(=O)C[C@H](C)C(=O)Nc1cc(COc2cc3c(cc2C)C(=O)N2c4ccccc4C[C@H]2CN3C)cc(COc2cc3c(cc2OC)C(=O)N2c4ccccc4C[C@H]2CN3C)c1)S(=O)(=O)O. The van der Waals surface area contributed by atoms with E-state index in [0.717, 1.165) is 46.6 Å². The zero-order chi connectivity index (χ0) is 60.4. The van der Waals surface area contributed by atoms with E-state index in [9.17, 15) is 41.7 Å². The summed E-state index contributed by atoms with van der Waals surface area (Å²) in [5.41, 5.74) is 9.23. The summed E-state index contributed by atoms with van der Waals surface area (Å²) in [5, 5.41) is 4.32. The van der Waals surface area contributed by atoms with Crippen LogP contribution in [0.2, 0.25) is 0 Å². The topological polar surface area (TPSA) is 221 Å². The Balaban J connectivity index is 0.883. The number of para-hydroxylation sites is 2. The highest BCUT2D eigenvalue weighted by Crippen LogP contribution is 2.44. The van der Waals surface area contributed by atoms with Gasteiger partial charge in [-0.3, -0.25) is 33.3 Å². The number of hydrogen-bond acceptors (Lipinski definition) is 15. The van der Waals surface area contributed by atoms with E-state index >= 15 is 0 Å². The molecule has 4 aliphatic rings. The number of methoxy groups -OCH3 is 1. The van der Waals surface area contributed by atoms with Crippen molar-refractivity contribution in [3.05, 3.63) is 130 Å². The third-order valence-electron chi connectivity index (χ3n) is 16.1. The summed E-state index contributed by atoms with van der Waals surface area (Å²) in [4.78, 5) is 89.4. The van der Waals surface area contributed by atoms with Crippen LogP contribution in [0.4, 0.5) is 28.4 Å². The van der Waals surface area contributed by atoms with Crippen LogP contribution in [0.3, 0.4) is 0 Å². The molecule has 5 atom stereocenters. The third-order valence-corrected chi connectivity index (χ3v) is 20.7. The summed E-state index contributed by atoms with van der Waals surface area (Å²) >= 11 is 0. The van der Waals surface area contributed by atoms with Crippen LogP contribution in [0.25, 0.3) is 0 Å². The standard InChI is InChI=1S/C63H74N6O12S3/c1-10-53(70)58(84(76,77)78)20-22-82-83-63(5,6)21-19-59(72)64-39(4)54(71)24-38(3)60(73)65-44-26-40(35-80-55-31-51-47(23-37(55)2)61(74)68-45(33-66(51)7)28-42-15-11-13-17-49(42)68)25-41(27-44)36-81-57-32-52-48(30-56(57)79-9)62(75)69-46(34-67(52)8)29-43-16-12-14-18-50(43)69/h11-18,23,25-27,30-32,38-39,45-46,58H,10,19-22,24,28-29,33-36H2,1-9H3,(H,64,72)(H,65,73)(H,76,77,78)/t38-,39-,45-,46-,58?/m0/s1. The number of aryl methyl sites for hydroxylation is 1. The molecule has 0 bridgehead atoms. The fourth-order valence-electron chi connectivity index (χ4n) is 11.6. The summed E-state index contributed by atoms with van der Waals surface area (Å²) in [6.07, 6.45) is 1.84. The number of amides is 4. The van der Waals surface area contributed by atoms with Gasteiger partial charge in [0, 0.05) is 92.1 Å². The van der Waals surface area contributed by atoms with Crippen molar-refractivity contribution in [3.63, 3.8) is 0 Å². The Kier molecular flexibility index (Phi) is 18.8. The maximum atomic E-state index is 14.3. The molecule has 0 aromatic heterocycles. The molecule has 0 fully saturated rings. The number of nitrogens with one attached hydrogen (secondary N) is 2. The highest BCUT2D eigenvalue weighted by molar-refractivity contribution is 8.77. The summed E-state index contributed by atoms with van der Waals surface area (Å²) < 4.78 is 51.6. The molecule has 4 amide bonds. The van der Waals surface area contributed by atoms with Crippen molar-refractivity contribution in [2.45, 2.75) is 128 Å². The molecule has 9 rings (SSSR count). The third kappa shape index (κ3) is 13.7. The van der Waals surface area contributed by atoms with Crippen molar-refractivity contribution in [1.82, 2.24) is 5.32 Å². The van der Waals surface area contributed by atoms with Crippen molar-refractivity contribution >= 4 is 95.3 Å². The van der Waals surface area contributed by atoms with Gasteiger partial charge in [0.2, 0.25) is 11.8 Å². The van der Waals surface area contributed by atoms with Crippen molar-refractivity contribution < 1.29 is 55.9 Å². The van der Waals surface area contributed by atoms with Crippen LogP contribution >= 0.6 is 21.6 Å². The highest BCUT2D eigenvalue weighted by atomic mass is 33.1. The summed E-state index contributed by atoms with van der Waals surface area (Å²) in [6, 6.07) is 27.9. The fraction of sp³-hybridized carbons (Fsp3) is 0.429. The average Bonchev–Trinajstić information content (AvgIpc) is 1.79. The van der Waals surface area contributed by atoms with Crippen LogP contribution in [-0.4, -0.2) is 116 Å². The largest absolute Gasteiger partial charge is 0.493 e. The van der Waals surface area contributed by atoms with Crippen molar-refractivity contribution in [2.75, 3.05) is 65.0 Å². The number of nitrogens with zero attached hydrogens (tertiary/aromatic N) is 4. The molecular formula is C63H74N6O12S3. The second-order valence-corrected chi connectivity index (χ2v) is 27.7. The number of rotatable bonds is 24. The van der Waals surface area contributed by atoms with Gasteiger partial charge in [0.15, 0.2) is 23.1 Å². The van der Waals surface area contributed by atoms with E-state index in [1.54, 1.807) is 39.0 Å². The minimum atomic E-state index is -4.51. The number of carbonyl (C=O) groups is 6. The minimum Gasteiger partial charge on any atom is -0.493 e. The molecule has 0 spiro atoms. The van der Waals surface area contributed by atoms with Gasteiger partial charge in [-0.25, -0.2) is 0 Å². The first-order valence-corrected chi connectivity index (χ1v) is 32.2. The van der Waals surface area contributed by atoms with Crippen LogP contribution in [0.1, 0.15) is 115 Å². The first-order valence-electron chi connectivity index (χ1n) is 28.4. The lowest BCUT2D eigenvalue weighted by molar-refractivity contribution is -0.129. The van der Waals surface area contributed by atoms with Gasteiger partial charge in [0.1, 0.15) is 24.2 Å². The van der Waals surface area contributed by atoms with Gasteiger partial charge < -0.3 is 44.4 Å². The van der Waals surface area contributed by atoms with Gasteiger partial charge in [-0.15, -0.1) is 0 Å². The minimum absolute atomic E-state index is 0.00581. The maximum absolute atomic E-state index is 14.3. The Bertz CT molecular complexity index is 3500. The quantitative estimate of drug-likeness (QED) is 0.0297. The van der Waals surface area contributed by atoms with E-state index in [1.165, 1.54) is 28.7 Å². The zero-order valence-electron chi connectivity index (χ0n) is 49.0. The van der Waals surface area contributed by atoms with E-state index in [1.807, 2.05) is 105 Å². The van der Waals surface area contributed by atoms with E-state index in [-0.39, 0.29) is 74.5 Å². The molecule has 3 N–H and O–H groups in total. The molecule has 4 aliphatic heterocycles. The summed E-state index contributed by atoms with van der Waals surface area (Å²) in [7, 11) is 3.76. The van der Waals surface area contributed by atoms with Crippen molar-refractivity contribution in [2.24, 2.45) is 5.92 Å². The van der Waals surface area contributed by atoms with Gasteiger partial charge >= 0.3 is 0 Å². The highest BCUT2D eigenvalue weighted by Gasteiger charge is 2.41. The molecule has 0 saturated heterocycles. The van der Waals surface area contributed by atoms with Crippen LogP contribution in [-0.2, 0) is 55.4 Å². The van der Waals surface area contributed by atoms with Gasteiger partial charge in [-0.2, -0.15) is 8.42 Å². The molecule has 84 heavy (non-hydrogen) atoms. The lowest BCUT2D eigenvalue weighted by atomic mass is 9.99. The molecule has 5 aromatic carbocycles. The molecule has 0 saturated carbocycles. The summed E-state index contributed by atoms with van der Waals surface area (Å²) in [5.74, 6) is -0.952. The lowest BCUT2D eigenvalue weighted by Crippen LogP contribution is -2.41. The van der Waals surface area contributed by atoms with Gasteiger partial charge in [-0.1, -0.05) is 71.8 Å². The van der Waals surface area contributed by atoms with E-state index in [0.29, 0.717) is 76.1 Å². The Morgan fingerprint density at radius 1 is 0.750 bits per heavy atom. The zero-order valence-corrected chi connectivity index (χ0v) is 51.4. The van der Waals surface area contributed by atoms with Crippen molar-refractivity contribution in [1.29, 1.82) is 0 Å². The van der Waals surface area contributed by atoms with Crippen molar-refractivity contribution in [3.8, 4) is 17.2 Å². The van der Waals surface area contributed by atoms with Crippen LogP contribution < -0.4 is 44.4 Å². The normalized spacial score (nSPS) is 17.3. The van der Waals surface area contributed by atoms with Gasteiger partial charge in [-0.05, 0) is 124 Å². The first-order chi connectivity index (χ1) is 39.9. The Hall–Kier alpha value is -7.07. The number of likely N-dealkylation sites (N-methyl/N-ethyl adjacent to an activating group) is 2. The molecule has 0 aliphatic carbocycles. The Morgan fingerprint density at radius 2 is 1.30 bits per heavy atom. The predicted octanol–water partition coefficient (Wildman–Crippen LogP) is 9.81. The maximum Gasteiger partial charge on any atom is 0.275 e. The molecule has 5 aromatic rings. The number of Topliss-reactive ketones (excluding diaryl/α,β-unsaturated/α-hetero) is 2. The predicted molar refractivity (Wildman–Crippen MR) is 331 cm³/mol. The Morgan fingerprint density at radius 3 is 1.86 bits per heavy atom. The molecule has 0 radical (unpaired) electrons.